The van der Waals surface area contributed by atoms with Crippen LogP contribution >= 0.6 is 0 Å². The third-order valence-corrected chi connectivity index (χ3v) is 4.60. The molecule has 0 radical (unpaired) electrons. The third-order valence-electron chi connectivity index (χ3n) is 4.60. The molecule has 152 valence electrons. The Kier molecular flexibility index (Phi) is 4.78. The van der Waals surface area contributed by atoms with E-state index < -0.39 is 11.9 Å². The van der Waals surface area contributed by atoms with Crippen LogP contribution in [0.4, 0.5) is 4.79 Å². The van der Waals surface area contributed by atoms with E-state index in [2.05, 4.69) is 15.1 Å². The third kappa shape index (κ3) is 3.20. The maximum Gasteiger partial charge on any atom is 0.417 e. The first-order chi connectivity index (χ1) is 14.4. The maximum atomic E-state index is 13.3. The highest BCUT2D eigenvalue weighted by Gasteiger charge is 2.25. The molecule has 4 rings (SSSR count). The van der Waals surface area contributed by atoms with Gasteiger partial charge in [0.1, 0.15) is 5.76 Å². The van der Waals surface area contributed by atoms with Crippen molar-refractivity contribution in [2.75, 3.05) is 6.61 Å². The lowest BCUT2D eigenvalue weighted by Gasteiger charge is -2.09. The summed E-state index contributed by atoms with van der Waals surface area (Å²) in [6, 6.07) is 9.69. The molecule has 1 N–H and O–H groups in total. The van der Waals surface area contributed by atoms with Gasteiger partial charge < -0.3 is 14.4 Å². The average molecular weight is 406 g/mol. The largest absolute Gasteiger partial charge is 0.478 e. The molecule has 9 nitrogen and oxygen atoms in total. The van der Waals surface area contributed by atoms with Gasteiger partial charge >= 0.3 is 6.09 Å². The van der Waals surface area contributed by atoms with Crippen LogP contribution in [0.3, 0.4) is 0 Å². The summed E-state index contributed by atoms with van der Waals surface area (Å²) in [5.41, 5.74) is 2.65. The standard InChI is InChI=1S/C21H18N4O5/c1-4-29-17-10-13(9-15(22-17)18-11(2)24-30-12(18)3)19(26)20-23-14-7-5-6-8-16(14)25(20)21(27)28/h5-10H,4H2,1-3H3,(H,27,28). The number of rotatable bonds is 5. The van der Waals surface area contributed by atoms with Crippen LogP contribution in [0.2, 0.25) is 0 Å². The number of aromatic nitrogens is 4. The number of ketones is 1. The van der Waals surface area contributed by atoms with Gasteiger partial charge in [0.25, 0.3) is 0 Å². The zero-order valence-electron chi connectivity index (χ0n) is 16.5. The van der Waals surface area contributed by atoms with Crippen LogP contribution in [-0.4, -0.2) is 43.3 Å². The fraction of sp³-hybridized carbons (Fsp3) is 0.190. The lowest BCUT2D eigenvalue weighted by Crippen LogP contribution is -2.17. The number of carbonyl (C=O) groups excluding carboxylic acids is 1. The minimum Gasteiger partial charge on any atom is -0.478 e. The van der Waals surface area contributed by atoms with E-state index in [1.165, 1.54) is 6.07 Å². The number of carboxylic acid groups (broad SMARTS) is 1. The maximum absolute atomic E-state index is 13.3. The topological polar surface area (TPSA) is 120 Å². The van der Waals surface area contributed by atoms with Gasteiger partial charge in [-0.3, -0.25) is 4.79 Å². The fourth-order valence-corrected chi connectivity index (χ4v) is 3.34. The van der Waals surface area contributed by atoms with E-state index in [1.807, 2.05) is 0 Å². The summed E-state index contributed by atoms with van der Waals surface area (Å²) in [6.45, 7) is 5.66. The second-order valence-electron chi connectivity index (χ2n) is 6.58. The van der Waals surface area contributed by atoms with Crippen LogP contribution in [0.5, 0.6) is 5.88 Å². The Labute approximate surface area is 170 Å². The van der Waals surface area contributed by atoms with Gasteiger partial charge in [0.2, 0.25) is 11.7 Å². The summed E-state index contributed by atoms with van der Waals surface area (Å²) in [6.07, 6.45) is -1.29. The summed E-state index contributed by atoms with van der Waals surface area (Å²) in [4.78, 5) is 33.9. The van der Waals surface area contributed by atoms with Crippen molar-refractivity contribution in [3.05, 3.63) is 59.2 Å². The molecule has 0 saturated carbocycles. The molecule has 9 heteroatoms. The Morgan fingerprint density at radius 2 is 1.93 bits per heavy atom. The Bertz CT molecular complexity index is 1270. The summed E-state index contributed by atoms with van der Waals surface area (Å²) in [5, 5.41) is 13.6. The van der Waals surface area contributed by atoms with E-state index in [4.69, 9.17) is 9.26 Å². The number of fused-ring (bicyclic) bond motifs is 1. The molecule has 30 heavy (non-hydrogen) atoms. The molecule has 1 aromatic carbocycles. The van der Waals surface area contributed by atoms with Crippen molar-refractivity contribution in [1.82, 2.24) is 19.7 Å². The summed E-state index contributed by atoms with van der Waals surface area (Å²) in [5.74, 6) is 0.00758. The van der Waals surface area contributed by atoms with Crippen molar-refractivity contribution in [1.29, 1.82) is 0 Å². The Morgan fingerprint density at radius 1 is 1.17 bits per heavy atom. The highest BCUT2D eigenvalue weighted by Crippen LogP contribution is 2.29. The van der Waals surface area contributed by atoms with Crippen molar-refractivity contribution >= 4 is 22.9 Å². The zero-order chi connectivity index (χ0) is 21.4. The van der Waals surface area contributed by atoms with E-state index in [1.54, 1.807) is 51.1 Å². The average Bonchev–Trinajstić information content (AvgIpc) is 3.27. The monoisotopic (exact) mass is 406 g/mol. The van der Waals surface area contributed by atoms with Gasteiger partial charge in [-0.2, -0.15) is 0 Å². The summed E-state index contributed by atoms with van der Waals surface area (Å²) < 4.78 is 11.6. The fourth-order valence-electron chi connectivity index (χ4n) is 3.34. The van der Waals surface area contributed by atoms with Gasteiger partial charge in [0.05, 0.1) is 34.6 Å². The second-order valence-corrected chi connectivity index (χ2v) is 6.58. The predicted octanol–water partition coefficient (Wildman–Crippen LogP) is 3.86. The van der Waals surface area contributed by atoms with Crippen molar-refractivity contribution in [3.8, 4) is 17.1 Å². The van der Waals surface area contributed by atoms with Crippen molar-refractivity contribution in [2.24, 2.45) is 0 Å². The van der Waals surface area contributed by atoms with E-state index in [0.29, 0.717) is 40.4 Å². The molecule has 0 saturated heterocycles. The number of imidazole rings is 1. The molecule has 0 atom stereocenters. The lowest BCUT2D eigenvalue weighted by molar-refractivity contribution is 0.102. The first kappa shape index (κ1) is 19.3. The van der Waals surface area contributed by atoms with Crippen LogP contribution in [-0.2, 0) is 0 Å². The molecule has 3 heterocycles. The molecule has 4 aromatic rings. The van der Waals surface area contributed by atoms with Crippen LogP contribution in [0.15, 0.2) is 40.9 Å². The molecular formula is C21H18N4O5. The van der Waals surface area contributed by atoms with Crippen LogP contribution < -0.4 is 4.74 Å². The normalized spacial score (nSPS) is 11.0. The molecule has 0 unspecified atom stereocenters. The van der Waals surface area contributed by atoms with E-state index >= 15 is 0 Å². The first-order valence-corrected chi connectivity index (χ1v) is 9.24. The molecule has 0 spiro atoms. The number of hydrogen-bond donors (Lipinski definition) is 1. The molecule has 0 aliphatic carbocycles. The van der Waals surface area contributed by atoms with Gasteiger partial charge in [-0.25, -0.2) is 19.3 Å². The van der Waals surface area contributed by atoms with E-state index in [9.17, 15) is 14.7 Å². The summed E-state index contributed by atoms with van der Waals surface area (Å²) in [7, 11) is 0. The van der Waals surface area contributed by atoms with Gasteiger partial charge in [-0.05, 0) is 39.0 Å². The Morgan fingerprint density at radius 3 is 2.60 bits per heavy atom. The zero-order valence-corrected chi connectivity index (χ0v) is 16.5. The SMILES string of the molecule is CCOc1cc(C(=O)c2nc3ccccc3n2C(=O)O)cc(-c2c(C)noc2C)n1. The van der Waals surface area contributed by atoms with Gasteiger partial charge in [0, 0.05) is 11.6 Å². The highest BCUT2D eigenvalue weighted by molar-refractivity contribution is 6.11. The van der Waals surface area contributed by atoms with Crippen LogP contribution in [0, 0.1) is 13.8 Å². The molecule has 0 fully saturated rings. The highest BCUT2D eigenvalue weighted by atomic mass is 16.5. The van der Waals surface area contributed by atoms with Gasteiger partial charge in [-0.1, -0.05) is 17.3 Å². The number of nitrogens with zero attached hydrogens (tertiary/aromatic N) is 4. The number of aryl methyl sites for hydroxylation is 2. The van der Waals surface area contributed by atoms with Crippen molar-refractivity contribution < 1.29 is 24.0 Å². The van der Waals surface area contributed by atoms with Gasteiger partial charge in [0.15, 0.2) is 5.82 Å². The van der Waals surface area contributed by atoms with Crippen molar-refractivity contribution in [3.63, 3.8) is 0 Å². The van der Waals surface area contributed by atoms with Crippen LogP contribution in [0.25, 0.3) is 22.3 Å². The Balaban J connectivity index is 1.90. The number of para-hydroxylation sites is 2. The number of ether oxygens (including phenoxy) is 1. The molecule has 0 amide bonds. The number of hydrogen-bond acceptors (Lipinski definition) is 7. The molecule has 0 aliphatic heterocycles. The van der Waals surface area contributed by atoms with Gasteiger partial charge in [-0.15, -0.1) is 0 Å². The number of pyridine rings is 1. The predicted molar refractivity (Wildman–Crippen MR) is 107 cm³/mol. The first-order valence-electron chi connectivity index (χ1n) is 9.24. The smallest absolute Gasteiger partial charge is 0.417 e. The Hall–Kier alpha value is -4.01. The number of benzene rings is 1. The molecule has 0 bridgehead atoms. The quantitative estimate of drug-likeness (QED) is 0.496. The molecular weight excluding hydrogens is 388 g/mol. The van der Waals surface area contributed by atoms with Crippen LogP contribution in [0.1, 0.15) is 34.6 Å². The summed E-state index contributed by atoms with van der Waals surface area (Å²) >= 11 is 0. The molecule has 0 aliphatic rings. The minimum absolute atomic E-state index is 0.196. The van der Waals surface area contributed by atoms with E-state index in [-0.39, 0.29) is 17.3 Å². The molecule has 3 aromatic heterocycles. The van der Waals surface area contributed by atoms with Crippen molar-refractivity contribution in [2.45, 2.75) is 20.8 Å². The van der Waals surface area contributed by atoms with E-state index in [0.717, 1.165) is 4.57 Å². The second kappa shape index (κ2) is 7.43. The minimum atomic E-state index is -1.29. The number of carbonyl (C=O) groups is 2. The lowest BCUT2D eigenvalue weighted by atomic mass is 10.1.